The molecule has 0 N–H and O–H groups in total. The molecule has 4 aromatic rings. The topological polar surface area (TPSA) is 64.4 Å². The quantitative estimate of drug-likeness (QED) is 0.311. The van der Waals surface area contributed by atoms with Crippen LogP contribution < -0.4 is 4.90 Å². The number of benzene rings is 3. The zero-order valence-electron chi connectivity index (χ0n) is 18.0. The first-order chi connectivity index (χ1) is 16.1. The summed E-state index contributed by atoms with van der Waals surface area (Å²) in [7, 11) is 0. The number of hydrogen-bond acceptors (Lipinski definition) is 4. The van der Waals surface area contributed by atoms with Crippen molar-refractivity contribution in [1.29, 1.82) is 0 Å². The molecular formula is C26H22ClN3O3. The van der Waals surface area contributed by atoms with E-state index in [9.17, 15) is 9.59 Å². The van der Waals surface area contributed by atoms with Gasteiger partial charge in [0.2, 0.25) is 11.9 Å². The standard InChI is InChI=1S/C26H22ClN3O3/c1-2-33-25(32)22-23(18-12-6-7-13-19(18)27)30-21-15-9-8-14-20(21)28-26(30)29(24(22)31)16-17-10-4-3-5-11-17/h3-15,22-23H,2,16H2,1H3/t22-,23-/m0/s1. The lowest BCUT2D eigenvalue weighted by Gasteiger charge is -2.38. The third kappa shape index (κ3) is 3.66. The maximum Gasteiger partial charge on any atom is 0.321 e. The van der Waals surface area contributed by atoms with Gasteiger partial charge in [0.25, 0.3) is 0 Å². The summed E-state index contributed by atoms with van der Waals surface area (Å²) < 4.78 is 7.33. The van der Waals surface area contributed by atoms with Gasteiger partial charge in [-0.05, 0) is 36.2 Å². The zero-order chi connectivity index (χ0) is 22.9. The van der Waals surface area contributed by atoms with Crippen LogP contribution in [-0.4, -0.2) is 28.0 Å². The van der Waals surface area contributed by atoms with Crippen LogP contribution >= 0.6 is 11.6 Å². The number of aromatic nitrogens is 2. The smallest absolute Gasteiger partial charge is 0.321 e. The molecule has 5 rings (SSSR count). The largest absolute Gasteiger partial charge is 0.465 e. The first-order valence-electron chi connectivity index (χ1n) is 10.8. The van der Waals surface area contributed by atoms with Crippen molar-refractivity contribution in [2.75, 3.05) is 11.5 Å². The summed E-state index contributed by atoms with van der Waals surface area (Å²) in [4.78, 5) is 33.5. The fourth-order valence-corrected chi connectivity index (χ4v) is 4.70. The van der Waals surface area contributed by atoms with E-state index < -0.39 is 17.9 Å². The Balaban J connectivity index is 1.77. The second kappa shape index (κ2) is 8.71. The van der Waals surface area contributed by atoms with Crippen molar-refractivity contribution >= 4 is 40.5 Å². The number of nitrogens with zero attached hydrogens (tertiary/aromatic N) is 3. The number of esters is 1. The number of rotatable bonds is 5. The van der Waals surface area contributed by atoms with Crippen molar-refractivity contribution < 1.29 is 14.3 Å². The number of carbonyl (C=O) groups excluding carboxylic acids is 2. The number of ether oxygens (including phenoxy) is 1. The Labute approximate surface area is 196 Å². The van der Waals surface area contributed by atoms with E-state index >= 15 is 0 Å². The van der Waals surface area contributed by atoms with Gasteiger partial charge in [-0.3, -0.25) is 14.5 Å². The Morgan fingerprint density at radius 2 is 1.70 bits per heavy atom. The minimum absolute atomic E-state index is 0.175. The molecule has 1 aliphatic rings. The molecule has 1 aromatic heterocycles. The third-order valence-electron chi connectivity index (χ3n) is 5.89. The maximum absolute atomic E-state index is 13.9. The van der Waals surface area contributed by atoms with Crippen molar-refractivity contribution in [1.82, 2.24) is 9.55 Å². The molecule has 3 aromatic carbocycles. The molecule has 7 heteroatoms. The average Bonchev–Trinajstić information content (AvgIpc) is 3.21. The maximum atomic E-state index is 13.9. The summed E-state index contributed by atoms with van der Waals surface area (Å²) in [5.41, 5.74) is 3.16. The average molecular weight is 460 g/mol. The Morgan fingerprint density at radius 3 is 2.45 bits per heavy atom. The number of imidazole rings is 1. The predicted octanol–water partition coefficient (Wildman–Crippen LogP) is 5.01. The van der Waals surface area contributed by atoms with Crippen molar-refractivity contribution in [3.8, 4) is 0 Å². The minimum Gasteiger partial charge on any atom is -0.465 e. The predicted molar refractivity (Wildman–Crippen MR) is 127 cm³/mol. The molecular weight excluding hydrogens is 438 g/mol. The van der Waals surface area contributed by atoms with Gasteiger partial charge in [-0.25, -0.2) is 4.98 Å². The van der Waals surface area contributed by atoms with E-state index in [4.69, 9.17) is 21.3 Å². The number of carbonyl (C=O) groups is 2. The van der Waals surface area contributed by atoms with Crippen LogP contribution in [0.25, 0.3) is 11.0 Å². The van der Waals surface area contributed by atoms with Crippen LogP contribution in [0.4, 0.5) is 5.95 Å². The number of hydrogen-bond donors (Lipinski definition) is 0. The molecule has 6 nitrogen and oxygen atoms in total. The van der Waals surface area contributed by atoms with E-state index in [1.807, 2.05) is 77.4 Å². The molecule has 0 fully saturated rings. The fraction of sp³-hybridized carbons (Fsp3) is 0.192. The number of fused-ring (bicyclic) bond motifs is 3. The highest BCUT2D eigenvalue weighted by atomic mass is 35.5. The van der Waals surface area contributed by atoms with Gasteiger partial charge in [-0.15, -0.1) is 0 Å². The van der Waals surface area contributed by atoms with Crippen LogP contribution in [0.3, 0.4) is 0 Å². The Morgan fingerprint density at radius 1 is 1.00 bits per heavy atom. The van der Waals surface area contributed by atoms with Crippen LogP contribution in [0, 0.1) is 5.92 Å². The van der Waals surface area contributed by atoms with E-state index in [1.165, 1.54) is 0 Å². The first-order valence-corrected chi connectivity index (χ1v) is 11.2. The van der Waals surface area contributed by atoms with Gasteiger partial charge in [0.1, 0.15) is 0 Å². The van der Waals surface area contributed by atoms with E-state index in [1.54, 1.807) is 17.9 Å². The molecule has 0 spiro atoms. The Hall–Kier alpha value is -3.64. The highest BCUT2D eigenvalue weighted by molar-refractivity contribution is 6.31. The molecule has 0 aliphatic carbocycles. The Kier molecular flexibility index (Phi) is 5.60. The molecule has 0 saturated carbocycles. The second-order valence-corrected chi connectivity index (χ2v) is 8.28. The van der Waals surface area contributed by atoms with Crippen molar-refractivity contribution in [2.24, 2.45) is 5.92 Å². The van der Waals surface area contributed by atoms with Crippen LogP contribution in [-0.2, 0) is 20.9 Å². The van der Waals surface area contributed by atoms with E-state index in [0.717, 1.165) is 16.6 Å². The van der Waals surface area contributed by atoms with Crippen molar-refractivity contribution in [3.63, 3.8) is 0 Å². The molecule has 33 heavy (non-hydrogen) atoms. The number of anilines is 1. The zero-order valence-corrected chi connectivity index (χ0v) is 18.8. The molecule has 0 unspecified atom stereocenters. The van der Waals surface area contributed by atoms with Crippen molar-refractivity contribution in [2.45, 2.75) is 19.5 Å². The lowest BCUT2D eigenvalue weighted by atomic mass is 9.89. The van der Waals surface area contributed by atoms with Crippen LogP contribution in [0.1, 0.15) is 24.1 Å². The third-order valence-corrected chi connectivity index (χ3v) is 6.24. The second-order valence-electron chi connectivity index (χ2n) is 7.88. The minimum atomic E-state index is -1.10. The van der Waals surface area contributed by atoms with E-state index in [-0.39, 0.29) is 19.1 Å². The summed E-state index contributed by atoms with van der Waals surface area (Å²) in [6, 6.07) is 23.9. The highest BCUT2D eigenvalue weighted by Crippen LogP contribution is 2.43. The SMILES string of the molecule is CCOC(=O)[C@@H]1C(=O)N(Cc2ccccc2)c2nc3ccccc3n2[C@H]1c1ccccc1Cl. The summed E-state index contributed by atoms with van der Waals surface area (Å²) >= 11 is 6.59. The fourth-order valence-electron chi connectivity index (χ4n) is 4.46. The lowest BCUT2D eigenvalue weighted by Crippen LogP contribution is -2.49. The molecule has 166 valence electrons. The van der Waals surface area contributed by atoms with Crippen LogP contribution in [0.15, 0.2) is 78.9 Å². The van der Waals surface area contributed by atoms with Crippen LogP contribution in [0.2, 0.25) is 5.02 Å². The van der Waals surface area contributed by atoms with Gasteiger partial charge in [-0.2, -0.15) is 0 Å². The Bertz CT molecular complexity index is 1340. The van der Waals surface area contributed by atoms with Crippen molar-refractivity contribution in [3.05, 3.63) is 95.0 Å². The van der Waals surface area contributed by atoms with Gasteiger partial charge in [-0.1, -0.05) is 72.3 Å². The lowest BCUT2D eigenvalue weighted by molar-refractivity contribution is -0.153. The van der Waals surface area contributed by atoms with Gasteiger partial charge in [0.15, 0.2) is 5.92 Å². The molecule has 2 heterocycles. The van der Waals surface area contributed by atoms with Gasteiger partial charge in [0, 0.05) is 5.02 Å². The first kappa shape index (κ1) is 21.2. The summed E-state index contributed by atoms with van der Waals surface area (Å²) in [5, 5.41) is 0.477. The van der Waals surface area contributed by atoms with E-state index in [0.29, 0.717) is 16.5 Å². The molecule has 2 atom stereocenters. The highest BCUT2D eigenvalue weighted by Gasteiger charge is 2.48. The molecule has 0 radical (unpaired) electrons. The molecule has 1 aliphatic heterocycles. The monoisotopic (exact) mass is 459 g/mol. The summed E-state index contributed by atoms with van der Waals surface area (Å²) in [5.74, 6) is -1.55. The van der Waals surface area contributed by atoms with Gasteiger partial charge >= 0.3 is 5.97 Å². The molecule has 0 saturated heterocycles. The van der Waals surface area contributed by atoms with Gasteiger partial charge in [0.05, 0.1) is 30.2 Å². The number of halogens is 1. The summed E-state index contributed by atoms with van der Waals surface area (Å²) in [6.07, 6.45) is 0. The number of para-hydroxylation sites is 2. The molecule has 1 amide bonds. The van der Waals surface area contributed by atoms with Gasteiger partial charge < -0.3 is 9.30 Å². The number of amides is 1. The summed E-state index contributed by atoms with van der Waals surface area (Å²) in [6.45, 7) is 2.19. The molecule has 0 bridgehead atoms. The van der Waals surface area contributed by atoms with Crippen LogP contribution in [0.5, 0.6) is 0 Å². The van der Waals surface area contributed by atoms with E-state index in [2.05, 4.69) is 0 Å². The normalized spacial score (nSPS) is 17.8.